The Morgan fingerprint density at radius 2 is 1.67 bits per heavy atom. The zero-order chi connectivity index (χ0) is 13.0. The molecule has 0 radical (unpaired) electrons. The summed E-state index contributed by atoms with van der Waals surface area (Å²) in [4.78, 5) is 0. The van der Waals surface area contributed by atoms with Crippen molar-refractivity contribution in [3.63, 3.8) is 0 Å². The van der Waals surface area contributed by atoms with E-state index in [4.69, 9.17) is 0 Å². The van der Waals surface area contributed by atoms with Crippen LogP contribution < -0.4 is 0 Å². The molecule has 18 heavy (non-hydrogen) atoms. The lowest BCUT2D eigenvalue weighted by Gasteiger charge is -2.22. The number of nitriles is 1. The van der Waals surface area contributed by atoms with Gasteiger partial charge in [-0.3, -0.25) is 0 Å². The van der Waals surface area contributed by atoms with E-state index >= 15 is 0 Å². The lowest BCUT2D eigenvalue weighted by atomic mass is 9.78. The quantitative estimate of drug-likeness (QED) is 0.798. The highest BCUT2D eigenvalue weighted by Crippen LogP contribution is 2.28. The smallest absolute Gasteiger partial charge is 0.126 e. The minimum Gasteiger partial charge on any atom is -0.207 e. The van der Waals surface area contributed by atoms with Crippen LogP contribution in [0.15, 0.2) is 54.6 Å². The number of hydrogen-bond acceptors (Lipinski definition) is 1. The Kier molecular flexibility index (Phi) is 3.43. The van der Waals surface area contributed by atoms with Gasteiger partial charge in [0.05, 0.1) is 11.5 Å². The highest BCUT2D eigenvalue weighted by molar-refractivity contribution is 5.35. The molecule has 1 nitrogen and oxygen atoms in total. The minimum atomic E-state index is -0.705. The molecule has 2 rings (SSSR count). The van der Waals surface area contributed by atoms with E-state index < -0.39 is 5.41 Å². The van der Waals surface area contributed by atoms with E-state index in [1.807, 2.05) is 37.3 Å². The van der Waals surface area contributed by atoms with Gasteiger partial charge in [0.1, 0.15) is 5.82 Å². The molecule has 0 N–H and O–H groups in total. The Bertz CT molecular complexity index is 571. The third kappa shape index (κ3) is 2.41. The first-order chi connectivity index (χ1) is 8.65. The predicted molar refractivity (Wildman–Crippen MR) is 69.5 cm³/mol. The van der Waals surface area contributed by atoms with Crippen LogP contribution in [0.2, 0.25) is 0 Å². The van der Waals surface area contributed by atoms with Crippen LogP contribution in [0.5, 0.6) is 0 Å². The number of benzene rings is 2. The lowest BCUT2D eigenvalue weighted by Crippen LogP contribution is -2.23. The third-order valence-electron chi connectivity index (χ3n) is 3.16. The second kappa shape index (κ2) is 5.01. The Labute approximate surface area is 107 Å². The van der Waals surface area contributed by atoms with Crippen molar-refractivity contribution in [1.82, 2.24) is 0 Å². The van der Waals surface area contributed by atoms with E-state index in [9.17, 15) is 9.65 Å². The highest BCUT2D eigenvalue weighted by atomic mass is 19.1. The van der Waals surface area contributed by atoms with Gasteiger partial charge in [-0.2, -0.15) is 5.26 Å². The summed E-state index contributed by atoms with van der Waals surface area (Å²) < 4.78 is 13.7. The molecule has 0 heterocycles. The van der Waals surface area contributed by atoms with Crippen molar-refractivity contribution in [2.24, 2.45) is 0 Å². The molecule has 0 spiro atoms. The summed E-state index contributed by atoms with van der Waals surface area (Å²) in [6, 6.07) is 18.4. The van der Waals surface area contributed by atoms with Crippen molar-refractivity contribution >= 4 is 0 Å². The van der Waals surface area contributed by atoms with Crippen LogP contribution in [0, 0.1) is 17.1 Å². The van der Waals surface area contributed by atoms with Crippen LogP contribution >= 0.6 is 0 Å². The molecule has 0 aliphatic carbocycles. The van der Waals surface area contributed by atoms with Crippen LogP contribution in [0.1, 0.15) is 18.1 Å². The summed E-state index contributed by atoms with van der Waals surface area (Å²) in [6.07, 6.45) is 0.375. The molecule has 1 unspecified atom stereocenters. The van der Waals surface area contributed by atoms with Gasteiger partial charge in [-0.1, -0.05) is 48.5 Å². The molecular formula is C16H14FN. The lowest BCUT2D eigenvalue weighted by molar-refractivity contribution is 0.557. The SMILES string of the molecule is CC(C#N)(Cc1ccccc1F)c1ccccc1. The molecule has 0 aliphatic rings. The summed E-state index contributed by atoms with van der Waals surface area (Å²) in [6.45, 7) is 1.84. The van der Waals surface area contributed by atoms with E-state index in [-0.39, 0.29) is 5.82 Å². The van der Waals surface area contributed by atoms with E-state index in [1.165, 1.54) is 6.07 Å². The molecular weight excluding hydrogens is 225 g/mol. The van der Waals surface area contributed by atoms with Crippen molar-refractivity contribution in [3.8, 4) is 6.07 Å². The topological polar surface area (TPSA) is 23.8 Å². The Morgan fingerprint density at radius 1 is 1.06 bits per heavy atom. The molecule has 1 atom stereocenters. The van der Waals surface area contributed by atoms with Gasteiger partial charge in [0, 0.05) is 0 Å². The van der Waals surface area contributed by atoms with Crippen molar-refractivity contribution in [1.29, 1.82) is 5.26 Å². The fourth-order valence-corrected chi connectivity index (χ4v) is 2.03. The molecule has 0 bridgehead atoms. The van der Waals surface area contributed by atoms with Gasteiger partial charge in [-0.05, 0) is 30.5 Å². The molecule has 0 aliphatic heterocycles. The van der Waals surface area contributed by atoms with Crippen LogP contribution in [0.4, 0.5) is 4.39 Å². The maximum Gasteiger partial charge on any atom is 0.126 e. The van der Waals surface area contributed by atoms with Gasteiger partial charge in [0.25, 0.3) is 0 Å². The first kappa shape index (κ1) is 12.3. The van der Waals surface area contributed by atoms with Gasteiger partial charge < -0.3 is 0 Å². The molecule has 0 saturated heterocycles. The minimum absolute atomic E-state index is 0.255. The van der Waals surface area contributed by atoms with Crippen LogP contribution in [0.3, 0.4) is 0 Å². The van der Waals surface area contributed by atoms with Gasteiger partial charge in [-0.25, -0.2) is 4.39 Å². The fraction of sp³-hybridized carbons (Fsp3) is 0.188. The van der Waals surface area contributed by atoms with Crippen LogP contribution in [-0.2, 0) is 11.8 Å². The zero-order valence-electron chi connectivity index (χ0n) is 10.2. The van der Waals surface area contributed by atoms with Gasteiger partial charge in [-0.15, -0.1) is 0 Å². The Morgan fingerprint density at radius 3 is 2.28 bits per heavy atom. The number of nitrogens with zero attached hydrogens (tertiary/aromatic N) is 1. The summed E-state index contributed by atoms with van der Waals surface area (Å²) >= 11 is 0. The van der Waals surface area contributed by atoms with E-state index in [0.29, 0.717) is 12.0 Å². The molecule has 0 aromatic heterocycles. The second-order valence-corrected chi connectivity index (χ2v) is 4.58. The molecule has 0 fully saturated rings. The number of halogens is 1. The van der Waals surface area contributed by atoms with Crippen molar-refractivity contribution in [3.05, 3.63) is 71.5 Å². The largest absolute Gasteiger partial charge is 0.207 e. The average Bonchev–Trinajstić information content (AvgIpc) is 2.42. The molecule has 2 aromatic carbocycles. The normalized spacial score (nSPS) is 13.6. The van der Waals surface area contributed by atoms with Gasteiger partial charge in [0.2, 0.25) is 0 Å². The summed E-state index contributed by atoms with van der Waals surface area (Å²) in [5, 5.41) is 9.42. The van der Waals surface area contributed by atoms with E-state index in [2.05, 4.69) is 6.07 Å². The Hall–Kier alpha value is -2.14. The summed E-state index contributed by atoms with van der Waals surface area (Å²) in [5.41, 5.74) is 0.782. The molecule has 0 amide bonds. The van der Waals surface area contributed by atoms with Crippen LogP contribution in [-0.4, -0.2) is 0 Å². The Balaban J connectivity index is 2.36. The van der Waals surface area contributed by atoms with Gasteiger partial charge in [0.15, 0.2) is 0 Å². The molecule has 2 heteroatoms. The zero-order valence-corrected chi connectivity index (χ0v) is 10.2. The van der Waals surface area contributed by atoms with E-state index in [0.717, 1.165) is 5.56 Å². The van der Waals surface area contributed by atoms with Crippen molar-refractivity contribution < 1.29 is 4.39 Å². The highest BCUT2D eigenvalue weighted by Gasteiger charge is 2.27. The fourth-order valence-electron chi connectivity index (χ4n) is 2.03. The van der Waals surface area contributed by atoms with Crippen molar-refractivity contribution in [2.45, 2.75) is 18.8 Å². The predicted octanol–water partition coefficient (Wildman–Crippen LogP) is 3.85. The van der Waals surface area contributed by atoms with Crippen molar-refractivity contribution in [2.75, 3.05) is 0 Å². The monoisotopic (exact) mass is 239 g/mol. The maximum absolute atomic E-state index is 13.7. The average molecular weight is 239 g/mol. The molecule has 0 saturated carbocycles. The summed E-state index contributed by atoms with van der Waals surface area (Å²) in [7, 11) is 0. The molecule has 2 aromatic rings. The first-order valence-corrected chi connectivity index (χ1v) is 5.86. The first-order valence-electron chi connectivity index (χ1n) is 5.86. The number of hydrogen-bond donors (Lipinski definition) is 0. The second-order valence-electron chi connectivity index (χ2n) is 4.58. The standard InChI is InChI=1S/C16H14FN/c1-16(12-18,14-8-3-2-4-9-14)11-13-7-5-6-10-15(13)17/h2-10H,11H2,1H3. The van der Waals surface area contributed by atoms with Gasteiger partial charge >= 0.3 is 0 Å². The molecule has 90 valence electrons. The number of rotatable bonds is 3. The summed E-state index contributed by atoms with van der Waals surface area (Å²) in [5.74, 6) is -0.255. The van der Waals surface area contributed by atoms with Crippen LogP contribution in [0.25, 0.3) is 0 Å². The maximum atomic E-state index is 13.7. The van der Waals surface area contributed by atoms with E-state index in [1.54, 1.807) is 18.2 Å². The third-order valence-corrected chi connectivity index (χ3v) is 3.16.